The molecular weight excluding hydrogens is 238 g/mol. The van der Waals surface area contributed by atoms with Crippen molar-refractivity contribution in [2.24, 2.45) is 0 Å². The zero-order chi connectivity index (χ0) is 11.9. The quantitative estimate of drug-likeness (QED) is 0.849. The fraction of sp³-hybridized carbons (Fsp3) is 0.500. The highest BCUT2D eigenvalue weighted by molar-refractivity contribution is 7.91. The summed E-state index contributed by atoms with van der Waals surface area (Å²) in [6.45, 7) is 1.68. The van der Waals surface area contributed by atoms with Gasteiger partial charge in [-0.2, -0.15) is 0 Å². The number of hydrogen-bond acceptors (Lipinski definition) is 4. The van der Waals surface area contributed by atoms with Crippen LogP contribution < -0.4 is 10.1 Å². The fourth-order valence-corrected chi connectivity index (χ4v) is 4.03. The van der Waals surface area contributed by atoms with E-state index in [2.05, 4.69) is 11.4 Å². The van der Waals surface area contributed by atoms with Gasteiger partial charge in [-0.3, -0.25) is 0 Å². The van der Waals surface area contributed by atoms with Gasteiger partial charge in [0.25, 0.3) is 0 Å². The highest BCUT2D eigenvalue weighted by Gasteiger charge is 2.30. The third-order valence-corrected chi connectivity index (χ3v) is 5.07. The minimum Gasteiger partial charge on any atom is -0.489 e. The lowest BCUT2D eigenvalue weighted by atomic mass is 10.1. The Morgan fingerprint density at radius 1 is 1.29 bits per heavy atom. The van der Waals surface area contributed by atoms with Gasteiger partial charge in [0.1, 0.15) is 11.9 Å². The summed E-state index contributed by atoms with van der Waals surface area (Å²) in [4.78, 5) is 0. The second-order valence-corrected chi connectivity index (χ2v) is 6.87. The van der Waals surface area contributed by atoms with Gasteiger partial charge < -0.3 is 10.1 Å². The van der Waals surface area contributed by atoms with Gasteiger partial charge in [0.05, 0.1) is 11.5 Å². The average Bonchev–Trinajstić information content (AvgIpc) is 2.85. The molecule has 1 N–H and O–H groups in total. The molecule has 0 aromatic heterocycles. The molecule has 1 aromatic carbocycles. The third-order valence-electron chi connectivity index (χ3n) is 3.33. The summed E-state index contributed by atoms with van der Waals surface area (Å²) in [5, 5.41) is 3.27. The van der Waals surface area contributed by atoms with Crippen molar-refractivity contribution in [3.8, 4) is 5.75 Å². The molecule has 2 aliphatic heterocycles. The van der Waals surface area contributed by atoms with E-state index in [1.165, 1.54) is 11.1 Å². The number of ether oxygens (including phenoxy) is 1. The van der Waals surface area contributed by atoms with E-state index in [1.807, 2.05) is 12.1 Å². The molecule has 0 spiro atoms. The molecule has 0 amide bonds. The summed E-state index contributed by atoms with van der Waals surface area (Å²) >= 11 is 0. The van der Waals surface area contributed by atoms with E-state index in [0.29, 0.717) is 6.42 Å². The van der Waals surface area contributed by atoms with Crippen molar-refractivity contribution in [2.75, 3.05) is 11.5 Å². The fourth-order valence-electron chi connectivity index (χ4n) is 2.44. The Morgan fingerprint density at radius 2 is 2.18 bits per heavy atom. The van der Waals surface area contributed by atoms with Crippen LogP contribution in [0, 0.1) is 0 Å². The molecular formula is C12H15NO3S. The first-order valence-electron chi connectivity index (χ1n) is 5.83. The minimum atomic E-state index is -2.87. The molecule has 0 radical (unpaired) electrons. The lowest BCUT2D eigenvalue weighted by molar-refractivity contribution is 0.226. The SMILES string of the molecule is O=S1(=O)CCC(Oc2cccc3c2CNC3)C1. The molecule has 0 aliphatic carbocycles. The summed E-state index contributed by atoms with van der Waals surface area (Å²) in [5.74, 6) is 1.25. The number of fused-ring (bicyclic) bond motifs is 1. The van der Waals surface area contributed by atoms with Crippen molar-refractivity contribution in [1.82, 2.24) is 5.32 Å². The van der Waals surface area contributed by atoms with Crippen LogP contribution in [0.15, 0.2) is 18.2 Å². The topological polar surface area (TPSA) is 55.4 Å². The Labute approximate surface area is 101 Å². The first-order valence-corrected chi connectivity index (χ1v) is 7.65. The number of benzene rings is 1. The predicted molar refractivity (Wildman–Crippen MR) is 64.7 cm³/mol. The largest absolute Gasteiger partial charge is 0.489 e. The lowest BCUT2D eigenvalue weighted by Crippen LogP contribution is -2.18. The van der Waals surface area contributed by atoms with Gasteiger partial charge >= 0.3 is 0 Å². The number of nitrogens with one attached hydrogen (secondary N) is 1. The van der Waals surface area contributed by atoms with E-state index in [4.69, 9.17) is 4.74 Å². The first kappa shape index (κ1) is 11.0. The monoisotopic (exact) mass is 253 g/mol. The molecule has 5 heteroatoms. The molecule has 0 saturated carbocycles. The van der Waals surface area contributed by atoms with Crippen molar-refractivity contribution in [1.29, 1.82) is 0 Å². The maximum Gasteiger partial charge on any atom is 0.154 e. The van der Waals surface area contributed by atoms with E-state index in [1.54, 1.807) is 0 Å². The average molecular weight is 253 g/mol. The van der Waals surface area contributed by atoms with Gasteiger partial charge in [-0.05, 0) is 18.1 Å². The maximum absolute atomic E-state index is 11.4. The molecule has 2 aliphatic rings. The van der Waals surface area contributed by atoms with Crippen LogP contribution in [0.2, 0.25) is 0 Å². The molecule has 17 heavy (non-hydrogen) atoms. The summed E-state index contributed by atoms with van der Waals surface area (Å²) in [5.41, 5.74) is 2.43. The molecule has 1 aromatic rings. The lowest BCUT2D eigenvalue weighted by Gasteiger charge is -2.14. The molecule has 3 rings (SSSR count). The van der Waals surface area contributed by atoms with Gasteiger partial charge in [0.15, 0.2) is 9.84 Å². The van der Waals surface area contributed by atoms with Gasteiger partial charge in [0.2, 0.25) is 0 Å². The molecule has 1 unspecified atom stereocenters. The Kier molecular flexibility index (Phi) is 2.60. The number of rotatable bonds is 2. The van der Waals surface area contributed by atoms with Gasteiger partial charge in [-0.15, -0.1) is 0 Å². The Hall–Kier alpha value is -1.07. The Morgan fingerprint density at radius 3 is 2.94 bits per heavy atom. The van der Waals surface area contributed by atoms with Crippen LogP contribution in [-0.2, 0) is 22.9 Å². The summed E-state index contributed by atoms with van der Waals surface area (Å²) in [6.07, 6.45) is 0.437. The second kappa shape index (κ2) is 3.99. The summed E-state index contributed by atoms with van der Waals surface area (Å²) in [6, 6.07) is 5.97. The smallest absolute Gasteiger partial charge is 0.154 e. The normalized spacial score (nSPS) is 25.8. The molecule has 4 nitrogen and oxygen atoms in total. The van der Waals surface area contributed by atoms with Gasteiger partial charge in [0, 0.05) is 18.7 Å². The molecule has 92 valence electrons. The van der Waals surface area contributed by atoms with E-state index in [0.717, 1.165) is 18.8 Å². The first-order chi connectivity index (χ1) is 8.14. The van der Waals surface area contributed by atoms with Gasteiger partial charge in [-0.25, -0.2) is 8.42 Å². The van der Waals surface area contributed by atoms with Crippen molar-refractivity contribution >= 4 is 9.84 Å². The minimum absolute atomic E-state index is 0.157. The van der Waals surface area contributed by atoms with Gasteiger partial charge in [-0.1, -0.05) is 12.1 Å². The molecule has 1 fully saturated rings. The van der Waals surface area contributed by atoms with Crippen LogP contribution in [0.3, 0.4) is 0 Å². The second-order valence-electron chi connectivity index (χ2n) is 4.64. The van der Waals surface area contributed by atoms with E-state index in [9.17, 15) is 8.42 Å². The van der Waals surface area contributed by atoms with Crippen LogP contribution in [0.1, 0.15) is 17.5 Å². The van der Waals surface area contributed by atoms with Crippen LogP contribution in [0.25, 0.3) is 0 Å². The molecule has 1 atom stereocenters. The van der Waals surface area contributed by atoms with E-state index in [-0.39, 0.29) is 17.6 Å². The predicted octanol–water partition coefficient (Wildman–Crippen LogP) is 0.856. The highest BCUT2D eigenvalue weighted by atomic mass is 32.2. The zero-order valence-electron chi connectivity index (χ0n) is 9.48. The molecule has 2 heterocycles. The number of sulfone groups is 1. The Bertz CT molecular complexity index is 539. The van der Waals surface area contributed by atoms with Crippen molar-refractivity contribution in [3.05, 3.63) is 29.3 Å². The van der Waals surface area contributed by atoms with Crippen molar-refractivity contribution in [2.45, 2.75) is 25.6 Å². The Balaban J connectivity index is 1.80. The summed E-state index contributed by atoms with van der Waals surface area (Å²) in [7, 11) is -2.87. The van der Waals surface area contributed by atoms with Crippen LogP contribution in [-0.4, -0.2) is 26.0 Å². The van der Waals surface area contributed by atoms with Crippen molar-refractivity contribution < 1.29 is 13.2 Å². The molecule has 1 saturated heterocycles. The van der Waals surface area contributed by atoms with E-state index < -0.39 is 9.84 Å². The standard InChI is InChI=1S/C12H15NO3S/c14-17(15)5-4-10(8-17)16-12-3-1-2-9-6-13-7-11(9)12/h1-3,10,13H,4-8H2. The van der Waals surface area contributed by atoms with E-state index >= 15 is 0 Å². The zero-order valence-corrected chi connectivity index (χ0v) is 10.3. The van der Waals surface area contributed by atoms with Crippen LogP contribution >= 0.6 is 0 Å². The summed E-state index contributed by atoms with van der Waals surface area (Å²) < 4.78 is 28.6. The molecule has 0 bridgehead atoms. The van der Waals surface area contributed by atoms with Crippen molar-refractivity contribution in [3.63, 3.8) is 0 Å². The maximum atomic E-state index is 11.4. The highest BCUT2D eigenvalue weighted by Crippen LogP contribution is 2.28. The van der Waals surface area contributed by atoms with Crippen LogP contribution in [0.5, 0.6) is 5.75 Å². The number of hydrogen-bond donors (Lipinski definition) is 1. The van der Waals surface area contributed by atoms with Crippen LogP contribution in [0.4, 0.5) is 0 Å². The third kappa shape index (κ3) is 2.17.